The number of carboxylic acids is 1. The van der Waals surface area contributed by atoms with Crippen LogP contribution in [-0.4, -0.2) is 41.7 Å². The van der Waals surface area contributed by atoms with Crippen LogP contribution in [0.3, 0.4) is 0 Å². The Morgan fingerprint density at radius 1 is 1.36 bits per heavy atom. The maximum Gasteiger partial charge on any atom is 0.320 e. The molecule has 2 aliphatic heterocycles. The molecule has 2 aliphatic rings. The molecule has 2 aromatic rings. The summed E-state index contributed by atoms with van der Waals surface area (Å²) in [5.74, 6) is -0.738. The van der Waals surface area contributed by atoms with Gasteiger partial charge in [0.2, 0.25) is 0 Å². The Morgan fingerprint density at radius 3 is 2.82 bits per heavy atom. The standard InChI is InChI=1S/C16H19N3O3/c20-14(21)12-9-16(10-17-12)5-7-19(8-6-16)15-18-11-3-1-2-4-13(11)22-15/h1-4,12,17H,5-10H2,(H,20,21)/t12-/m1/s1. The molecule has 6 heteroatoms. The number of anilines is 1. The molecule has 4 rings (SSSR count). The molecule has 0 amide bonds. The first-order valence-corrected chi connectivity index (χ1v) is 7.72. The second-order valence-corrected chi connectivity index (χ2v) is 6.43. The van der Waals surface area contributed by atoms with Crippen molar-refractivity contribution in [1.82, 2.24) is 10.3 Å². The molecule has 2 saturated heterocycles. The minimum absolute atomic E-state index is 0.117. The van der Waals surface area contributed by atoms with Crippen LogP contribution >= 0.6 is 0 Å². The number of piperidine rings is 1. The van der Waals surface area contributed by atoms with Crippen molar-refractivity contribution in [2.24, 2.45) is 5.41 Å². The van der Waals surface area contributed by atoms with Crippen LogP contribution in [-0.2, 0) is 4.79 Å². The van der Waals surface area contributed by atoms with Crippen LogP contribution < -0.4 is 10.2 Å². The second-order valence-electron chi connectivity index (χ2n) is 6.43. The van der Waals surface area contributed by atoms with Gasteiger partial charge in [0.05, 0.1) is 0 Å². The Bertz CT molecular complexity index is 670. The van der Waals surface area contributed by atoms with Gasteiger partial charge < -0.3 is 19.7 Å². The predicted molar refractivity (Wildman–Crippen MR) is 81.9 cm³/mol. The smallest absolute Gasteiger partial charge is 0.320 e. The molecule has 6 nitrogen and oxygen atoms in total. The van der Waals surface area contributed by atoms with Crippen molar-refractivity contribution < 1.29 is 14.3 Å². The largest absolute Gasteiger partial charge is 0.480 e. The van der Waals surface area contributed by atoms with Gasteiger partial charge in [0.1, 0.15) is 11.6 Å². The molecule has 1 atom stereocenters. The number of fused-ring (bicyclic) bond motifs is 1. The summed E-state index contributed by atoms with van der Waals surface area (Å²) in [7, 11) is 0. The van der Waals surface area contributed by atoms with Crippen molar-refractivity contribution in [3.05, 3.63) is 24.3 Å². The highest BCUT2D eigenvalue weighted by Crippen LogP contribution is 2.40. The van der Waals surface area contributed by atoms with Gasteiger partial charge in [0.15, 0.2) is 5.58 Å². The zero-order valence-electron chi connectivity index (χ0n) is 12.3. The minimum atomic E-state index is -0.738. The van der Waals surface area contributed by atoms with E-state index < -0.39 is 12.0 Å². The lowest BCUT2D eigenvalue weighted by Crippen LogP contribution is -2.41. The molecule has 0 radical (unpaired) electrons. The zero-order valence-corrected chi connectivity index (χ0v) is 12.3. The molecule has 0 saturated carbocycles. The van der Waals surface area contributed by atoms with Crippen LogP contribution in [0.25, 0.3) is 11.1 Å². The molecule has 1 spiro atoms. The van der Waals surface area contributed by atoms with Gasteiger partial charge in [0.25, 0.3) is 6.01 Å². The van der Waals surface area contributed by atoms with Crippen molar-refractivity contribution in [2.45, 2.75) is 25.3 Å². The maximum absolute atomic E-state index is 11.1. The van der Waals surface area contributed by atoms with Crippen LogP contribution in [0.5, 0.6) is 0 Å². The predicted octanol–water partition coefficient (Wildman–Crippen LogP) is 1.86. The summed E-state index contributed by atoms with van der Waals surface area (Å²) in [4.78, 5) is 17.8. The number of benzene rings is 1. The van der Waals surface area contributed by atoms with E-state index in [2.05, 4.69) is 15.2 Å². The molecule has 3 heterocycles. The molecule has 22 heavy (non-hydrogen) atoms. The third-order valence-corrected chi connectivity index (χ3v) is 5.04. The molecule has 0 aliphatic carbocycles. The fourth-order valence-electron chi connectivity index (χ4n) is 3.64. The molecule has 0 unspecified atom stereocenters. The normalized spacial score (nSPS) is 24.2. The fraction of sp³-hybridized carbons (Fsp3) is 0.500. The summed E-state index contributed by atoms with van der Waals surface area (Å²) < 4.78 is 5.82. The van der Waals surface area contributed by atoms with E-state index in [0.717, 1.165) is 50.0 Å². The van der Waals surface area contributed by atoms with Gasteiger partial charge >= 0.3 is 5.97 Å². The summed E-state index contributed by atoms with van der Waals surface area (Å²) >= 11 is 0. The first kappa shape index (κ1) is 13.6. The number of aliphatic carboxylic acids is 1. The van der Waals surface area contributed by atoms with Crippen LogP contribution in [0.4, 0.5) is 6.01 Å². The number of para-hydroxylation sites is 2. The van der Waals surface area contributed by atoms with E-state index in [1.54, 1.807) is 0 Å². The third kappa shape index (κ3) is 2.23. The first-order valence-electron chi connectivity index (χ1n) is 7.72. The molecular formula is C16H19N3O3. The highest BCUT2D eigenvalue weighted by molar-refractivity contribution is 5.74. The molecule has 1 aromatic heterocycles. The monoisotopic (exact) mass is 301 g/mol. The van der Waals surface area contributed by atoms with Crippen molar-refractivity contribution >= 4 is 23.1 Å². The van der Waals surface area contributed by atoms with Crippen LogP contribution in [0.1, 0.15) is 19.3 Å². The van der Waals surface area contributed by atoms with Gasteiger partial charge in [-0.15, -0.1) is 0 Å². The van der Waals surface area contributed by atoms with Crippen LogP contribution in [0.15, 0.2) is 28.7 Å². The molecule has 1 aromatic carbocycles. The van der Waals surface area contributed by atoms with Gasteiger partial charge in [-0.1, -0.05) is 12.1 Å². The SMILES string of the molecule is O=C(O)[C@H]1CC2(CCN(c3nc4ccccc4o3)CC2)CN1. The number of carboxylic acid groups (broad SMARTS) is 1. The molecule has 2 fully saturated rings. The number of aromatic nitrogens is 1. The highest BCUT2D eigenvalue weighted by atomic mass is 16.4. The Hall–Kier alpha value is -2.08. The van der Waals surface area contributed by atoms with Gasteiger partial charge in [-0.3, -0.25) is 4.79 Å². The van der Waals surface area contributed by atoms with Gasteiger partial charge in [-0.05, 0) is 36.8 Å². The number of hydrogen-bond donors (Lipinski definition) is 2. The van der Waals surface area contributed by atoms with E-state index in [1.807, 2.05) is 24.3 Å². The molecule has 116 valence electrons. The van der Waals surface area contributed by atoms with E-state index in [9.17, 15) is 4.79 Å². The van der Waals surface area contributed by atoms with Crippen molar-refractivity contribution in [1.29, 1.82) is 0 Å². The summed E-state index contributed by atoms with van der Waals surface area (Å²) in [6.45, 7) is 2.52. The molecular weight excluding hydrogens is 282 g/mol. The van der Waals surface area contributed by atoms with Crippen LogP contribution in [0.2, 0.25) is 0 Å². The zero-order chi connectivity index (χ0) is 15.2. The third-order valence-electron chi connectivity index (χ3n) is 5.04. The molecule has 0 bridgehead atoms. The average molecular weight is 301 g/mol. The summed E-state index contributed by atoms with van der Waals surface area (Å²) in [6, 6.07) is 8.06. The topological polar surface area (TPSA) is 78.6 Å². The Morgan fingerprint density at radius 2 is 2.14 bits per heavy atom. The lowest BCUT2D eigenvalue weighted by atomic mass is 9.76. The lowest BCUT2D eigenvalue weighted by molar-refractivity contribution is -0.139. The Kier molecular flexibility index (Phi) is 3.07. The Labute approximate surface area is 128 Å². The first-order chi connectivity index (χ1) is 10.7. The number of rotatable bonds is 2. The quantitative estimate of drug-likeness (QED) is 0.881. The van der Waals surface area contributed by atoms with Gasteiger partial charge in [-0.2, -0.15) is 4.98 Å². The van der Waals surface area contributed by atoms with E-state index in [1.165, 1.54) is 0 Å². The maximum atomic E-state index is 11.1. The number of oxazole rings is 1. The number of hydrogen-bond acceptors (Lipinski definition) is 5. The second kappa shape index (κ2) is 4.98. The van der Waals surface area contributed by atoms with Gasteiger partial charge in [0, 0.05) is 19.6 Å². The lowest BCUT2D eigenvalue weighted by Gasteiger charge is -2.38. The van der Waals surface area contributed by atoms with E-state index in [-0.39, 0.29) is 5.41 Å². The van der Waals surface area contributed by atoms with Crippen molar-refractivity contribution in [2.75, 3.05) is 24.5 Å². The number of carbonyl (C=O) groups is 1. The van der Waals surface area contributed by atoms with Gasteiger partial charge in [-0.25, -0.2) is 0 Å². The van der Waals surface area contributed by atoms with Crippen molar-refractivity contribution in [3.63, 3.8) is 0 Å². The summed E-state index contributed by atoms with van der Waals surface area (Å²) in [6.07, 6.45) is 2.68. The van der Waals surface area contributed by atoms with Crippen molar-refractivity contribution in [3.8, 4) is 0 Å². The minimum Gasteiger partial charge on any atom is -0.480 e. The summed E-state index contributed by atoms with van der Waals surface area (Å²) in [5, 5.41) is 12.3. The molecule has 2 N–H and O–H groups in total. The highest BCUT2D eigenvalue weighted by Gasteiger charge is 2.44. The number of nitrogens with zero attached hydrogens (tertiary/aromatic N) is 2. The van der Waals surface area contributed by atoms with E-state index in [0.29, 0.717) is 6.01 Å². The fourth-order valence-corrected chi connectivity index (χ4v) is 3.64. The number of nitrogens with one attached hydrogen (secondary N) is 1. The van der Waals surface area contributed by atoms with E-state index >= 15 is 0 Å². The van der Waals surface area contributed by atoms with Crippen LogP contribution in [0, 0.1) is 5.41 Å². The average Bonchev–Trinajstić information content (AvgIpc) is 3.13. The Balaban J connectivity index is 1.47. The van der Waals surface area contributed by atoms with E-state index in [4.69, 9.17) is 9.52 Å². The summed E-state index contributed by atoms with van der Waals surface area (Å²) in [5.41, 5.74) is 1.81.